The van der Waals surface area contributed by atoms with Crippen molar-refractivity contribution in [3.63, 3.8) is 0 Å². The fourth-order valence-electron chi connectivity index (χ4n) is 1.89. The third-order valence-electron chi connectivity index (χ3n) is 2.82. The molecule has 0 saturated heterocycles. The highest BCUT2D eigenvalue weighted by atomic mass is 16.7. The molecule has 0 fully saturated rings. The number of likely N-dealkylation sites (N-methyl/N-ethyl adjacent to an activating group) is 1. The van der Waals surface area contributed by atoms with E-state index in [1.165, 1.54) is 0 Å². The van der Waals surface area contributed by atoms with E-state index in [4.69, 9.17) is 19.5 Å². The lowest BCUT2D eigenvalue weighted by molar-refractivity contribution is 0.173. The molecule has 0 radical (unpaired) electrons. The minimum absolute atomic E-state index is 0.228. The first-order chi connectivity index (χ1) is 8.81. The van der Waals surface area contributed by atoms with Crippen molar-refractivity contribution in [3.05, 3.63) is 23.8 Å². The molecule has 2 unspecified atom stereocenters. The van der Waals surface area contributed by atoms with E-state index in [1.54, 1.807) is 19.2 Å². The molecule has 0 amide bonds. The van der Waals surface area contributed by atoms with Crippen LogP contribution in [0, 0.1) is 11.3 Å². The van der Waals surface area contributed by atoms with Crippen LogP contribution in [-0.4, -0.2) is 32.0 Å². The van der Waals surface area contributed by atoms with Gasteiger partial charge >= 0.3 is 0 Å². The van der Waals surface area contributed by atoms with Crippen molar-refractivity contribution in [3.8, 4) is 17.6 Å². The Labute approximate surface area is 104 Å². The van der Waals surface area contributed by atoms with Crippen LogP contribution in [0.25, 0.3) is 0 Å². The van der Waals surface area contributed by atoms with Gasteiger partial charge in [0.1, 0.15) is 0 Å². The van der Waals surface area contributed by atoms with Crippen molar-refractivity contribution in [1.82, 2.24) is 5.32 Å². The third kappa shape index (κ3) is 1.65. The quantitative estimate of drug-likeness (QED) is 0.827. The topological polar surface area (TPSA) is 75.9 Å². The van der Waals surface area contributed by atoms with Gasteiger partial charge in [0.15, 0.2) is 23.8 Å². The third-order valence-corrected chi connectivity index (χ3v) is 2.82. The Hall–Kier alpha value is -2.26. The second kappa shape index (κ2) is 4.20. The molecule has 2 aliphatic heterocycles. The SMILES string of the molecule is CNC1OC(c2ccc3c(c2)OCO3)=NC1C#N. The number of nitriles is 1. The second-order valence-corrected chi connectivity index (χ2v) is 3.90. The Balaban J connectivity index is 1.90. The van der Waals surface area contributed by atoms with Gasteiger partial charge in [-0.05, 0) is 25.2 Å². The first-order valence-corrected chi connectivity index (χ1v) is 5.53. The monoisotopic (exact) mass is 245 g/mol. The zero-order valence-corrected chi connectivity index (χ0v) is 9.71. The van der Waals surface area contributed by atoms with Crippen LogP contribution in [0.1, 0.15) is 5.56 Å². The van der Waals surface area contributed by atoms with E-state index in [1.807, 2.05) is 6.07 Å². The van der Waals surface area contributed by atoms with Crippen molar-refractivity contribution in [1.29, 1.82) is 5.26 Å². The van der Waals surface area contributed by atoms with Gasteiger partial charge in [-0.15, -0.1) is 0 Å². The molecule has 6 nitrogen and oxygen atoms in total. The van der Waals surface area contributed by atoms with E-state index in [0.29, 0.717) is 17.4 Å². The molecule has 2 aliphatic rings. The van der Waals surface area contributed by atoms with Crippen LogP contribution in [0.5, 0.6) is 11.5 Å². The molecular weight excluding hydrogens is 234 g/mol. The largest absolute Gasteiger partial charge is 0.455 e. The predicted octanol–water partition coefficient (Wildman–Crippen LogP) is 0.630. The minimum Gasteiger partial charge on any atom is -0.455 e. The zero-order valence-electron chi connectivity index (χ0n) is 9.71. The summed E-state index contributed by atoms with van der Waals surface area (Å²) in [5.41, 5.74) is 0.775. The van der Waals surface area contributed by atoms with Crippen LogP contribution in [0.3, 0.4) is 0 Å². The van der Waals surface area contributed by atoms with E-state index in [0.717, 1.165) is 5.56 Å². The van der Waals surface area contributed by atoms with Crippen molar-refractivity contribution in [2.75, 3.05) is 13.8 Å². The van der Waals surface area contributed by atoms with Gasteiger partial charge in [-0.1, -0.05) is 0 Å². The molecule has 3 rings (SSSR count). The summed E-state index contributed by atoms with van der Waals surface area (Å²) in [5.74, 6) is 1.82. The van der Waals surface area contributed by atoms with Crippen molar-refractivity contribution >= 4 is 5.90 Å². The predicted molar refractivity (Wildman–Crippen MR) is 62.4 cm³/mol. The molecule has 92 valence electrons. The van der Waals surface area contributed by atoms with E-state index >= 15 is 0 Å². The molecule has 2 heterocycles. The molecule has 0 aliphatic carbocycles. The molecule has 1 N–H and O–H groups in total. The van der Waals surface area contributed by atoms with Crippen LogP contribution in [0.4, 0.5) is 0 Å². The van der Waals surface area contributed by atoms with E-state index in [2.05, 4.69) is 16.4 Å². The molecule has 0 spiro atoms. The number of aliphatic imine (C=N–C) groups is 1. The molecule has 6 heteroatoms. The molecule has 0 bridgehead atoms. The van der Waals surface area contributed by atoms with E-state index < -0.39 is 12.3 Å². The number of nitrogens with zero attached hydrogens (tertiary/aromatic N) is 2. The summed E-state index contributed by atoms with van der Waals surface area (Å²) in [6.07, 6.45) is -0.407. The second-order valence-electron chi connectivity index (χ2n) is 3.90. The van der Waals surface area contributed by atoms with Crippen molar-refractivity contribution in [2.45, 2.75) is 12.3 Å². The fourth-order valence-corrected chi connectivity index (χ4v) is 1.89. The van der Waals surface area contributed by atoms with Crippen molar-refractivity contribution < 1.29 is 14.2 Å². The molecule has 0 aromatic heterocycles. The summed E-state index contributed by atoms with van der Waals surface area (Å²) >= 11 is 0. The fraction of sp³-hybridized carbons (Fsp3) is 0.333. The maximum Gasteiger partial charge on any atom is 0.231 e. The van der Waals surface area contributed by atoms with Gasteiger partial charge in [0.2, 0.25) is 12.7 Å². The smallest absolute Gasteiger partial charge is 0.231 e. The van der Waals surface area contributed by atoms with Crippen molar-refractivity contribution in [2.24, 2.45) is 4.99 Å². The van der Waals surface area contributed by atoms with Gasteiger partial charge in [-0.3, -0.25) is 5.32 Å². The Morgan fingerprint density at radius 3 is 2.94 bits per heavy atom. The Bertz CT molecular complexity index is 550. The maximum atomic E-state index is 8.97. The number of hydrogen-bond acceptors (Lipinski definition) is 6. The average Bonchev–Trinajstić information content (AvgIpc) is 3.03. The highest BCUT2D eigenvalue weighted by molar-refractivity contribution is 5.96. The summed E-state index contributed by atoms with van der Waals surface area (Å²) in [7, 11) is 1.73. The highest BCUT2D eigenvalue weighted by Gasteiger charge is 2.30. The molecule has 18 heavy (non-hydrogen) atoms. The maximum absolute atomic E-state index is 8.97. The molecule has 0 saturated carbocycles. The van der Waals surface area contributed by atoms with Crippen LogP contribution in [0.15, 0.2) is 23.2 Å². The summed E-state index contributed by atoms with van der Waals surface area (Å²) in [6, 6.07) is 6.99. The summed E-state index contributed by atoms with van der Waals surface area (Å²) < 4.78 is 16.1. The molecule has 2 atom stereocenters. The number of rotatable bonds is 2. The lowest BCUT2D eigenvalue weighted by Crippen LogP contribution is -2.34. The lowest BCUT2D eigenvalue weighted by Gasteiger charge is -2.11. The van der Waals surface area contributed by atoms with Gasteiger partial charge < -0.3 is 14.2 Å². The Morgan fingerprint density at radius 1 is 1.39 bits per heavy atom. The van der Waals surface area contributed by atoms with E-state index in [9.17, 15) is 0 Å². The standard InChI is InChI=1S/C12H11N3O3/c1-14-12-8(5-13)15-11(18-12)7-2-3-9-10(4-7)17-6-16-9/h2-4,8,12,14H,6H2,1H3. The average molecular weight is 245 g/mol. The number of fused-ring (bicyclic) bond motifs is 1. The lowest BCUT2D eigenvalue weighted by atomic mass is 10.2. The van der Waals surface area contributed by atoms with Gasteiger partial charge in [0, 0.05) is 5.56 Å². The highest BCUT2D eigenvalue weighted by Crippen LogP contribution is 2.33. The number of nitrogens with one attached hydrogen (secondary N) is 1. The molecule has 1 aromatic rings. The Morgan fingerprint density at radius 2 is 2.22 bits per heavy atom. The first kappa shape index (κ1) is 10.9. The van der Waals surface area contributed by atoms with Crippen LogP contribution in [-0.2, 0) is 4.74 Å². The zero-order chi connectivity index (χ0) is 12.5. The molecule has 1 aromatic carbocycles. The van der Waals surface area contributed by atoms with Crippen LogP contribution in [0.2, 0.25) is 0 Å². The Kier molecular flexibility index (Phi) is 2.54. The van der Waals surface area contributed by atoms with Gasteiger partial charge in [-0.25, -0.2) is 4.99 Å². The number of ether oxygens (including phenoxy) is 3. The number of benzene rings is 1. The van der Waals surface area contributed by atoms with Gasteiger partial charge in [0.25, 0.3) is 0 Å². The van der Waals surface area contributed by atoms with E-state index in [-0.39, 0.29) is 6.79 Å². The first-order valence-electron chi connectivity index (χ1n) is 5.53. The van der Waals surface area contributed by atoms with Crippen LogP contribution < -0.4 is 14.8 Å². The summed E-state index contributed by atoms with van der Waals surface area (Å²) in [5, 5.41) is 11.9. The minimum atomic E-state index is -0.532. The molecular formula is C12H11N3O3. The summed E-state index contributed by atoms with van der Waals surface area (Å²) in [4.78, 5) is 4.23. The van der Waals surface area contributed by atoms with Crippen LogP contribution >= 0.6 is 0 Å². The number of hydrogen-bond donors (Lipinski definition) is 1. The van der Waals surface area contributed by atoms with Gasteiger partial charge in [-0.2, -0.15) is 5.26 Å². The van der Waals surface area contributed by atoms with Gasteiger partial charge in [0.05, 0.1) is 6.07 Å². The summed E-state index contributed by atoms with van der Waals surface area (Å²) in [6.45, 7) is 0.228. The normalized spacial score (nSPS) is 24.3.